The molecule has 1 unspecified atom stereocenters. The van der Waals surface area contributed by atoms with E-state index >= 15 is 0 Å². The molecule has 6 heteroatoms. The zero-order valence-corrected chi connectivity index (χ0v) is 42.4. The maximum absolute atomic E-state index is 12.8. The number of hydrogen-bond acceptors (Lipinski definition) is 6. The van der Waals surface area contributed by atoms with E-state index in [2.05, 4.69) is 45.1 Å². The Morgan fingerprint density at radius 3 is 0.810 bits per heavy atom. The van der Waals surface area contributed by atoms with Crippen LogP contribution in [0.5, 0.6) is 0 Å². The third kappa shape index (κ3) is 50.7. The van der Waals surface area contributed by atoms with E-state index in [4.69, 9.17) is 14.2 Å². The normalized spacial score (nSPS) is 12.1. The molecule has 0 aromatic carbocycles. The Hall–Kier alpha value is -2.11. The average Bonchev–Trinajstić information content (AvgIpc) is 3.28. The van der Waals surface area contributed by atoms with E-state index in [1.807, 2.05) is 0 Å². The maximum Gasteiger partial charge on any atom is 0.306 e. The van der Waals surface area contributed by atoms with E-state index in [0.29, 0.717) is 19.3 Å². The largest absolute Gasteiger partial charge is 0.462 e. The van der Waals surface area contributed by atoms with Crippen LogP contribution in [0.15, 0.2) is 24.3 Å². The van der Waals surface area contributed by atoms with Crippen molar-refractivity contribution in [3.8, 4) is 0 Å². The van der Waals surface area contributed by atoms with Crippen LogP contribution in [-0.4, -0.2) is 37.2 Å². The van der Waals surface area contributed by atoms with Crippen LogP contribution in [0.1, 0.15) is 303 Å². The van der Waals surface area contributed by atoms with Gasteiger partial charge < -0.3 is 14.2 Å². The van der Waals surface area contributed by atoms with Crippen LogP contribution >= 0.6 is 0 Å². The van der Waals surface area contributed by atoms with Gasteiger partial charge in [0.25, 0.3) is 0 Å². The Bertz CT molecular complexity index is 1020. The number of rotatable bonds is 51. The Kier molecular flexibility index (Phi) is 50.8. The number of carbonyl (C=O) groups is 3. The second-order valence-corrected chi connectivity index (χ2v) is 18.8. The minimum Gasteiger partial charge on any atom is -0.462 e. The van der Waals surface area contributed by atoms with E-state index in [-0.39, 0.29) is 31.1 Å². The first-order chi connectivity index (χ1) is 31.0. The van der Waals surface area contributed by atoms with Crippen LogP contribution in [0.3, 0.4) is 0 Å². The zero-order chi connectivity index (χ0) is 45.8. The van der Waals surface area contributed by atoms with Gasteiger partial charge in [-0.15, -0.1) is 0 Å². The number of unbranched alkanes of at least 4 members (excludes halogenated alkanes) is 36. The van der Waals surface area contributed by atoms with Gasteiger partial charge in [0.2, 0.25) is 0 Å². The van der Waals surface area contributed by atoms with Gasteiger partial charge in [-0.05, 0) is 70.6 Å². The summed E-state index contributed by atoms with van der Waals surface area (Å²) in [6, 6.07) is 0. The molecule has 0 heterocycles. The highest BCUT2D eigenvalue weighted by Crippen LogP contribution is 2.16. The summed E-state index contributed by atoms with van der Waals surface area (Å²) in [5.74, 6) is -0.867. The molecule has 0 aliphatic heterocycles. The molecular formula is C57H106O6. The van der Waals surface area contributed by atoms with Crippen molar-refractivity contribution in [2.45, 2.75) is 309 Å². The lowest BCUT2D eigenvalue weighted by Gasteiger charge is -2.18. The van der Waals surface area contributed by atoms with Gasteiger partial charge in [0, 0.05) is 19.3 Å². The highest BCUT2D eigenvalue weighted by atomic mass is 16.6. The number of ether oxygens (including phenoxy) is 3. The van der Waals surface area contributed by atoms with Gasteiger partial charge >= 0.3 is 17.9 Å². The van der Waals surface area contributed by atoms with Crippen LogP contribution < -0.4 is 0 Å². The van der Waals surface area contributed by atoms with Gasteiger partial charge in [-0.25, -0.2) is 0 Å². The molecular weight excluding hydrogens is 781 g/mol. The van der Waals surface area contributed by atoms with E-state index in [1.165, 1.54) is 199 Å². The minimum absolute atomic E-state index is 0.0721. The molecule has 0 aliphatic carbocycles. The van der Waals surface area contributed by atoms with E-state index < -0.39 is 6.10 Å². The SMILES string of the molecule is CCCCCCC=CCCCCCCCCCC(=O)OCC(COC(=O)CCCCCCCC=CCCCCCCCC)OC(=O)CCCCCCCCCCCCCCCCC. The van der Waals surface area contributed by atoms with Crippen molar-refractivity contribution in [3.05, 3.63) is 24.3 Å². The molecule has 6 nitrogen and oxygen atoms in total. The molecule has 0 saturated carbocycles. The molecule has 0 spiro atoms. The quantitative estimate of drug-likeness (QED) is 0.0262. The van der Waals surface area contributed by atoms with Gasteiger partial charge in [-0.2, -0.15) is 0 Å². The Balaban J connectivity index is 4.35. The van der Waals surface area contributed by atoms with Gasteiger partial charge in [-0.3, -0.25) is 14.4 Å². The summed E-state index contributed by atoms with van der Waals surface area (Å²) in [6.45, 7) is 6.65. The molecule has 0 amide bonds. The van der Waals surface area contributed by atoms with Crippen molar-refractivity contribution in [2.24, 2.45) is 0 Å². The van der Waals surface area contributed by atoms with Gasteiger partial charge in [0.15, 0.2) is 6.10 Å². The maximum atomic E-state index is 12.8. The predicted octanol–water partition coefficient (Wildman–Crippen LogP) is 18.3. The van der Waals surface area contributed by atoms with Gasteiger partial charge in [0.1, 0.15) is 13.2 Å². The molecule has 1 atom stereocenters. The molecule has 0 radical (unpaired) electrons. The number of allylic oxidation sites excluding steroid dienone is 4. The third-order valence-corrected chi connectivity index (χ3v) is 12.4. The summed E-state index contributed by atoms with van der Waals surface area (Å²) < 4.78 is 16.8. The summed E-state index contributed by atoms with van der Waals surface area (Å²) in [5.41, 5.74) is 0. The fraction of sp³-hybridized carbons (Fsp3) is 0.877. The van der Waals surface area contributed by atoms with Crippen molar-refractivity contribution < 1.29 is 28.6 Å². The molecule has 0 fully saturated rings. The predicted molar refractivity (Wildman–Crippen MR) is 270 cm³/mol. The first-order valence-corrected chi connectivity index (χ1v) is 27.8. The first kappa shape index (κ1) is 60.9. The summed E-state index contributed by atoms with van der Waals surface area (Å²) in [7, 11) is 0. The average molecular weight is 887 g/mol. The molecule has 0 aromatic rings. The fourth-order valence-electron chi connectivity index (χ4n) is 8.20. The summed E-state index contributed by atoms with van der Waals surface area (Å²) in [6.07, 6.45) is 60.1. The van der Waals surface area contributed by atoms with Crippen LogP contribution in [0.2, 0.25) is 0 Å². The molecule has 0 rings (SSSR count). The molecule has 0 bridgehead atoms. The Morgan fingerprint density at radius 2 is 0.524 bits per heavy atom. The summed E-state index contributed by atoms with van der Waals surface area (Å²) in [5, 5.41) is 0. The van der Waals surface area contributed by atoms with Crippen LogP contribution in [0, 0.1) is 0 Å². The molecule has 0 aliphatic rings. The second kappa shape index (κ2) is 52.5. The van der Waals surface area contributed by atoms with E-state index in [0.717, 1.165) is 64.2 Å². The summed E-state index contributed by atoms with van der Waals surface area (Å²) in [4.78, 5) is 38.1. The van der Waals surface area contributed by atoms with Crippen molar-refractivity contribution in [3.63, 3.8) is 0 Å². The topological polar surface area (TPSA) is 78.9 Å². The third-order valence-electron chi connectivity index (χ3n) is 12.4. The molecule has 370 valence electrons. The number of carbonyl (C=O) groups excluding carboxylic acids is 3. The fourth-order valence-corrected chi connectivity index (χ4v) is 8.20. The highest BCUT2D eigenvalue weighted by Gasteiger charge is 2.19. The van der Waals surface area contributed by atoms with Gasteiger partial charge in [0.05, 0.1) is 0 Å². The van der Waals surface area contributed by atoms with E-state index in [1.54, 1.807) is 0 Å². The van der Waals surface area contributed by atoms with Crippen LogP contribution in [-0.2, 0) is 28.6 Å². The summed E-state index contributed by atoms with van der Waals surface area (Å²) >= 11 is 0. The Morgan fingerprint density at radius 1 is 0.302 bits per heavy atom. The lowest BCUT2D eigenvalue weighted by atomic mass is 10.0. The smallest absolute Gasteiger partial charge is 0.306 e. The minimum atomic E-state index is -0.772. The molecule has 0 N–H and O–H groups in total. The van der Waals surface area contributed by atoms with Crippen molar-refractivity contribution in [1.82, 2.24) is 0 Å². The lowest BCUT2D eigenvalue weighted by Crippen LogP contribution is -2.30. The standard InChI is InChI=1S/C57H106O6/c1-4-7-10-13-16-19-22-25-28-31-34-37-40-43-46-49-55(58)61-52-54(63-57(60)51-48-45-42-39-36-33-30-27-24-21-18-15-12-9-6-3)53-62-56(59)50-47-44-41-38-35-32-29-26-23-20-17-14-11-8-5-2/h19,22,26,29,54H,4-18,20-21,23-25,27-28,30-53H2,1-3H3. The Labute approximate surface area is 392 Å². The van der Waals surface area contributed by atoms with Crippen molar-refractivity contribution in [1.29, 1.82) is 0 Å². The number of hydrogen-bond donors (Lipinski definition) is 0. The van der Waals surface area contributed by atoms with Gasteiger partial charge in [-0.1, -0.05) is 238 Å². The van der Waals surface area contributed by atoms with Crippen LogP contribution in [0.4, 0.5) is 0 Å². The monoisotopic (exact) mass is 887 g/mol. The number of esters is 3. The lowest BCUT2D eigenvalue weighted by molar-refractivity contribution is -0.167. The van der Waals surface area contributed by atoms with Crippen molar-refractivity contribution >= 4 is 17.9 Å². The van der Waals surface area contributed by atoms with E-state index in [9.17, 15) is 14.4 Å². The molecule has 0 aromatic heterocycles. The zero-order valence-electron chi connectivity index (χ0n) is 42.4. The highest BCUT2D eigenvalue weighted by molar-refractivity contribution is 5.71. The second-order valence-electron chi connectivity index (χ2n) is 18.8. The first-order valence-electron chi connectivity index (χ1n) is 27.8. The van der Waals surface area contributed by atoms with Crippen molar-refractivity contribution in [2.75, 3.05) is 13.2 Å². The van der Waals surface area contributed by atoms with Crippen LogP contribution in [0.25, 0.3) is 0 Å². The molecule has 0 saturated heterocycles. The molecule has 63 heavy (non-hydrogen) atoms.